The molecule has 0 amide bonds. The highest BCUT2D eigenvalue weighted by molar-refractivity contribution is 6.05. The molecule has 1 aromatic rings. The standard InChI is InChI=1S/C30H34N6O2/c1-27(2)20-9-7-16(22(33)29(20,5)11-17(13-31)24(27)37)15-34-26-19-8-10-21-28(3,4)25(38)18(14-32)12-30(21,6)23(19)35-36-26/h11-12,15,20-21H,7-10,33H2,1-6H3,(H,35,36)/t20?,21-,29-,30-/m0/s1. The number of nitrogens with one attached hydrogen (secondary N) is 1. The van der Waals surface area contributed by atoms with Gasteiger partial charge in [-0.2, -0.15) is 15.6 Å². The smallest absolute Gasteiger partial charge is 0.178 e. The molecule has 0 bridgehead atoms. The summed E-state index contributed by atoms with van der Waals surface area (Å²) in [5.41, 5.74) is 8.03. The fourth-order valence-corrected chi connectivity index (χ4v) is 7.93. The van der Waals surface area contributed by atoms with Crippen molar-refractivity contribution in [1.29, 1.82) is 10.5 Å². The third kappa shape index (κ3) is 3.26. The molecular formula is C30H34N6O2. The number of aromatic nitrogens is 2. The van der Waals surface area contributed by atoms with E-state index in [0.29, 0.717) is 17.9 Å². The molecule has 1 heterocycles. The molecule has 38 heavy (non-hydrogen) atoms. The molecule has 196 valence electrons. The van der Waals surface area contributed by atoms with Crippen molar-refractivity contribution in [3.63, 3.8) is 0 Å². The van der Waals surface area contributed by atoms with Gasteiger partial charge in [0.25, 0.3) is 0 Å². The first kappa shape index (κ1) is 25.9. The van der Waals surface area contributed by atoms with Crippen LogP contribution < -0.4 is 5.73 Å². The summed E-state index contributed by atoms with van der Waals surface area (Å²) < 4.78 is 0. The number of hydrogen-bond acceptors (Lipinski definition) is 7. The van der Waals surface area contributed by atoms with Gasteiger partial charge in [0.1, 0.15) is 12.1 Å². The summed E-state index contributed by atoms with van der Waals surface area (Å²) in [5.74, 6) is 0.392. The molecule has 0 fully saturated rings. The van der Waals surface area contributed by atoms with Gasteiger partial charge in [-0.15, -0.1) is 0 Å². The normalized spacial score (nSPS) is 33.5. The Labute approximate surface area is 223 Å². The molecule has 0 aromatic carbocycles. The number of H-pyrrole nitrogens is 1. The fourth-order valence-electron chi connectivity index (χ4n) is 7.93. The average molecular weight is 511 g/mol. The van der Waals surface area contributed by atoms with Gasteiger partial charge in [-0.25, -0.2) is 4.99 Å². The van der Waals surface area contributed by atoms with Gasteiger partial charge in [-0.1, -0.05) is 53.7 Å². The molecule has 0 spiro atoms. The second-order valence-corrected chi connectivity index (χ2v) is 12.8. The van der Waals surface area contributed by atoms with Crippen LogP contribution in [-0.2, 0) is 21.4 Å². The van der Waals surface area contributed by atoms with Crippen LogP contribution in [-0.4, -0.2) is 28.0 Å². The minimum atomic E-state index is -0.680. The number of hydrogen-bond donors (Lipinski definition) is 2. The number of nitrogens with two attached hydrogens (primary N) is 1. The molecule has 1 unspecified atom stereocenters. The summed E-state index contributed by atoms with van der Waals surface area (Å²) >= 11 is 0. The molecule has 3 N–H and O–H groups in total. The summed E-state index contributed by atoms with van der Waals surface area (Å²) in [5, 5.41) is 27.0. The Kier molecular flexibility index (Phi) is 5.52. The lowest BCUT2D eigenvalue weighted by molar-refractivity contribution is -0.129. The first-order valence-corrected chi connectivity index (χ1v) is 13.2. The number of nitriles is 2. The van der Waals surface area contributed by atoms with E-state index in [4.69, 9.17) is 10.7 Å². The maximum atomic E-state index is 12.9. The number of aliphatic imine (C=N–C) groups is 1. The van der Waals surface area contributed by atoms with Crippen LogP contribution in [0.15, 0.2) is 39.6 Å². The Balaban J connectivity index is 1.54. The molecule has 0 aliphatic heterocycles. The number of nitrogens with zero attached hydrogens (tertiary/aromatic N) is 4. The van der Waals surface area contributed by atoms with E-state index in [0.717, 1.165) is 36.1 Å². The second-order valence-electron chi connectivity index (χ2n) is 12.8. The van der Waals surface area contributed by atoms with Crippen molar-refractivity contribution in [2.75, 3.05) is 0 Å². The van der Waals surface area contributed by atoms with E-state index in [1.807, 2.05) is 40.7 Å². The van der Waals surface area contributed by atoms with Gasteiger partial charge in [0.2, 0.25) is 0 Å². The number of carbonyl (C=O) groups excluding carboxylic acids is 2. The highest BCUT2D eigenvalue weighted by Gasteiger charge is 2.56. The van der Waals surface area contributed by atoms with Crippen LogP contribution in [0.3, 0.4) is 0 Å². The Bertz CT molecular complexity index is 1490. The van der Waals surface area contributed by atoms with E-state index in [-0.39, 0.29) is 34.5 Å². The van der Waals surface area contributed by atoms with Crippen molar-refractivity contribution in [2.45, 2.75) is 72.6 Å². The van der Waals surface area contributed by atoms with Gasteiger partial charge in [0.15, 0.2) is 17.4 Å². The van der Waals surface area contributed by atoms with Crippen molar-refractivity contribution < 1.29 is 9.59 Å². The van der Waals surface area contributed by atoms with Crippen molar-refractivity contribution >= 4 is 23.6 Å². The van der Waals surface area contributed by atoms with Gasteiger partial charge in [-0.3, -0.25) is 14.7 Å². The summed E-state index contributed by atoms with van der Waals surface area (Å²) in [7, 11) is 0. The highest BCUT2D eigenvalue weighted by Crippen LogP contribution is 2.57. The number of carbonyl (C=O) groups is 2. The van der Waals surface area contributed by atoms with E-state index in [2.05, 4.69) is 29.3 Å². The summed E-state index contributed by atoms with van der Waals surface area (Å²) in [6.45, 7) is 11.8. The van der Waals surface area contributed by atoms with Crippen molar-refractivity contribution in [3.8, 4) is 12.1 Å². The maximum Gasteiger partial charge on any atom is 0.178 e. The quantitative estimate of drug-likeness (QED) is 0.552. The number of fused-ring (bicyclic) bond motifs is 4. The SMILES string of the molecule is CC1(C)C(=O)C(C#N)=C[C@]2(C)C(N)=C(C=Nc3n[nH]c4c3CC[C@H]3C(C)(C)C(=O)C(C#N)=C[C@]43C)CCC12. The van der Waals surface area contributed by atoms with Crippen LogP contribution in [0.25, 0.3) is 0 Å². The number of aromatic amines is 1. The van der Waals surface area contributed by atoms with Crippen LogP contribution in [0.4, 0.5) is 5.82 Å². The zero-order valence-corrected chi connectivity index (χ0v) is 22.9. The van der Waals surface area contributed by atoms with Crippen molar-refractivity contribution in [2.24, 2.45) is 38.8 Å². The van der Waals surface area contributed by atoms with Crippen LogP contribution in [0, 0.1) is 50.7 Å². The second kappa shape index (κ2) is 8.11. The van der Waals surface area contributed by atoms with Crippen LogP contribution in [0.2, 0.25) is 0 Å². The molecule has 8 heteroatoms. The fraction of sp³-hybridized carbons (Fsp3) is 0.533. The van der Waals surface area contributed by atoms with Crippen molar-refractivity contribution in [3.05, 3.63) is 45.8 Å². The molecule has 0 saturated carbocycles. The van der Waals surface area contributed by atoms with Gasteiger partial charge in [-0.05, 0) is 43.1 Å². The van der Waals surface area contributed by atoms with E-state index in [1.165, 1.54) is 0 Å². The van der Waals surface area contributed by atoms with Gasteiger partial charge in [0.05, 0.1) is 16.8 Å². The van der Waals surface area contributed by atoms with E-state index in [1.54, 1.807) is 12.3 Å². The Hall–Kier alpha value is -3.78. The average Bonchev–Trinajstić information content (AvgIpc) is 3.29. The predicted octanol–water partition coefficient (Wildman–Crippen LogP) is 4.68. The third-order valence-electron chi connectivity index (χ3n) is 10.0. The minimum absolute atomic E-state index is 0.00902. The van der Waals surface area contributed by atoms with Crippen LogP contribution in [0.1, 0.15) is 72.1 Å². The monoisotopic (exact) mass is 510 g/mol. The summed E-state index contributed by atoms with van der Waals surface area (Å²) in [6, 6.07) is 4.18. The molecule has 4 atom stereocenters. The zero-order chi connectivity index (χ0) is 27.8. The van der Waals surface area contributed by atoms with Crippen molar-refractivity contribution in [1.82, 2.24) is 10.2 Å². The van der Waals surface area contributed by atoms with Gasteiger partial charge < -0.3 is 5.73 Å². The number of ketones is 2. The van der Waals surface area contributed by atoms with E-state index >= 15 is 0 Å². The number of Topliss-reactive ketones (excluding diaryl/α,β-unsaturated/α-hetero) is 2. The van der Waals surface area contributed by atoms with Gasteiger partial charge in [0, 0.05) is 39.1 Å². The molecule has 8 nitrogen and oxygen atoms in total. The molecule has 5 rings (SSSR count). The molecule has 4 aliphatic carbocycles. The maximum absolute atomic E-state index is 12.9. The van der Waals surface area contributed by atoms with Crippen LogP contribution in [0.5, 0.6) is 0 Å². The highest BCUT2D eigenvalue weighted by atomic mass is 16.1. The van der Waals surface area contributed by atoms with E-state index in [9.17, 15) is 20.1 Å². The first-order valence-electron chi connectivity index (χ1n) is 13.2. The lowest BCUT2D eigenvalue weighted by atomic mass is 9.52. The summed E-state index contributed by atoms with van der Waals surface area (Å²) in [4.78, 5) is 30.6. The predicted molar refractivity (Wildman–Crippen MR) is 143 cm³/mol. The lowest BCUT2D eigenvalue weighted by Crippen LogP contribution is -2.51. The van der Waals surface area contributed by atoms with E-state index < -0.39 is 21.7 Å². The minimum Gasteiger partial charge on any atom is -0.401 e. The number of allylic oxidation sites excluding steroid dienone is 5. The lowest BCUT2D eigenvalue weighted by Gasteiger charge is -2.50. The first-order chi connectivity index (χ1) is 17.7. The summed E-state index contributed by atoms with van der Waals surface area (Å²) in [6.07, 6.45) is 8.28. The third-order valence-corrected chi connectivity index (χ3v) is 10.0. The number of rotatable bonds is 2. The molecular weight excluding hydrogens is 476 g/mol. The Morgan fingerprint density at radius 1 is 0.947 bits per heavy atom. The Morgan fingerprint density at radius 3 is 2.05 bits per heavy atom. The molecule has 4 aliphatic rings. The topological polar surface area (TPSA) is 149 Å². The molecule has 1 aromatic heterocycles. The molecule has 0 radical (unpaired) electrons. The Morgan fingerprint density at radius 2 is 1.47 bits per heavy atom. The largest absolute Gasteiger partial charge is 0.401 e. The zero-order valence-electron chi connectivity index (χ0n) is 22.9. The van der Waals surface area contributed by atoms with Crippen LogP contribution >= 0.6 is 0 Å². The van der Waals surface area contributed by atoms with Gasteiger partial charge >= 0.3 is 0 Å². The molecule has 0 saturated heterocycles.